The van der Waals surface area contributed by atoms with Crippen LogP contribution in [0.3, 0.4) is 0 Å². The number of aromatic nitrogens is 1. The highest BCUT2D eigenvalue weighted by Crippen LogP contribution is 2.33. The molecule has 2 aromatic rings. The fourth-order valence-corrected chi connectivity index (χ4v) is 4.14. The summed E-state index contributed by atoms with van der Waals surface area (Å²) < 4.78 is 0. The van der Waals surface area contributed by atoms with E-state index in [1.807, 2.05) is 35.2 Å². The van der Waals surface area contributed by atoms with E-state index in [1.54, 1.807) is 12.3 Å². The second-order valence-corrected chi connectivity index (χ2v) is 7.42. The van der Waals surface area contributed by atoms with Crippen molar-refractivity contribution < 1.29 is 4.79 Å². The molecule has 0 N–H and O–H groups in total. The van der Waals surface area contributed by atoms with Gasteiger partial charge in [0.2, 0.25) is 5.91 Å². The van der Waals surface area contributed by atoms with E-state index in [4.69, 9.17) is 16.9 Å². The van der Waals surface area contributed by atoms with Crippen LogP contribution in [0.5, 0.6) is 0 Å². The van der Waals surface area contributed by atoms with Crippen LogP contribution in [0.15, 0.2) is 42.6 Å². The smallest absolute Gasteiger partial charge is 0.227 e. The van der Waals surface area contributed by atoms with Gasteiger partial charge in [-0.3, -0.25) is 4.79 Å². The van der Waals surface area contributed by atoms with Crippen molar-refractivity contribution in [2.75, 3.05) is 31.1 Å². The molecule has 132 valence electrons. The van der Waals surface area contributed by atoms with E-state index in [1.165, 1.54) is 0 Å². The summed E-state index contributed by atoms with van der Waals surface area (Å²) in [6, 6.07) is 13.3. The minimum atomic E-state index is 0.149. The Morgan fingerprint density at radius 3 is 2.50 bits per heavy atom. The van der Waals surface area contributed by atoms with Crippen LogP contribution in [0.4, 0.5) is 5.82 Å². The number of rotatable bonds is 3. The molecule has 0 spiro atoms. The molecular weight excluding hydrogens is 348 g/mol. The molecule has 0 bridgehead atoms. The summed E-state index contributed by atoms with van der Waals surface area (Å²) in [6.07, 6.45) is 1.98. The molecule has 5 nitrogen and oxygen atoms in total. The third-order valence-electron chi connectivity index (χ3n) is 5.34. The van der Waals surface area contributed by atoms with Gasteiger partial charge in [0.05, 0.1) is 12.0 Å². The van der Waals surface area contributed by atoms with E-state index in [-0.39, 0.29) is 5.91 Å². The Morgan fingerprint density at radius 1 is 1.15 bits per heavy atom. The van der Waals surface area contributed by atoms with Crippen molar-refractivity contribution in [3.05, 3.63) is 58.7 Å². The first-order chi connectivity index (χ1) is 12.6. The maximum absolute atomic E-state index is 12.6. The molecular formula is C20H19ClN4O. The van der Waals surface area contributed by atoms with Crippen LogP contribution in [0.25, 0.3) is 0 Å². The predicted octanol–water partition coefficient (Wildman–Crippen LogP) is 2.74. The number of benzene rings is 1. The van der Waals surface area contributed by atoms with Gasteiger partial charge in [0, 0.05) is 49.2 Å². The van der Waals surface area contributed by atoms with Crippen molar-refractivity contribution in [1.82, 2.24) is 9.88 Å². The number of carbonyl (C=O) groups is 1. The zero-order valence-electron chi connectivity index (χ0n) is 14.3. The molecule has 4 rings (SSSR count). The topological polar surface area (TPSA) is 60.2 Å². The fraction of sp³-hybridized carbons (Fsp3) is 0.350. The van der Waals surface area contributed by atoms with Crippen molar-refractivity contribution >= 4 is 23.3 Å². The van der Waals surface area contributed by atoms with Gasteiger partial charge in [0.15, 0.2) is 0 Å². The summed E-state index contributed by atoms with van der Waals surface area (Å²) in [5, 5.41) is 9.53. The van der Waals surface area contributed by atoms with Crippen LogP contribution in [0.1, 0.15) is 11.1 Å². The molecule has 1 aromatic heterocycles. The van der Waals surface area contributed by atoms with E-state index in [0.717, 1.165) is 37.6 Å². The quantitative estimate of drug-likeness (QED) is 0.838. The van der Waals surface area contributed by atoms with Gasteiger partial charge in [-0.25, -0.2) is 4.98 Å². The minimum Gasteiger partial charge on any atom is -0.356 e. The lowest BCUT2D eigenvalue weighted by molar-refractivity contribution is -0.129. The highest BCUT2D eigenvalue weighted by molar-refractivity contribution is 6.31. The molecule has 6 heteroatoms. The highest BCUT2D eigenvalue weighted by atomic mass is 35.5. The molecule has 1 aromatic carbocycles. The fourth-order valence-electron chi connectivity index (χ4n) is 3.94. The summed E-state index contributed by atoms with van der Waals surface area (Å²) in [7, 11) is 0. The lowest BCUT2D eigenvalue weighted by Gasteiger charge is -2.22. The Bertz CT molecular complexity index is 847. The number of nitriles is 1. The molecule has 0 aliphatic carbocycles. The van der Waals surface area contributed by atoms with Crippen LogP contribution >= 0.6 is 11.6 Å². The number of halogens is 1. The highest BCUT2D eigenvalue weighted by Gasteiger charge is 2.41. The molecule has 26 heavy (non-hydrogen) atoms. The third kappa shape index (κ3) is 3.25. The van der Waals surface area contributed by atoms with Gasteiger partial charge in [-0.1, -0.05) is 29.8 Å². The number of hydrogen-bond acceptors (Lipinski definition) is 4. The lowest BCUT2D eigenvalue weighted by Crippen LogP contribution is -2.34. The first-order valence-corrected chi connectivity index (χ1v) is 9.14. The Labute approximate surface area is 157 Å². The minimum absolute atomic E-state index is 0.149. The first kappa shape index (κ1) is 16.9. The molecule has 2 atom stereocenters. The standard InChI is InChI=1S/C20H19ClN4O/c21-18-4-2-1-3-15(18)7-20(26)25-12-16-10-24(11-17(16)13-25)19-6-5-14(8-22)9-23-19/h1-6,9,16-17H,7,10-13H2. The van der Waals surface area contributed by atoms with Gasteiger partial charge >= 0.3 is 0 Å². The van der Waals surface area contributed by atoms with Gasteiger partial charge in [-0.2, -0.15) is 5.26 Å². The summed E-state index contributed by atoms with van der Waals surface area (Å²) in [5.41, 5.74) is 1.46. The number of likely N-dealkylation sites (tertiary alicyclic amines) is 1. The molecule has 0 radical (unpaired) electrons. The SMILES string of the molecule is N#Cc1ccc(N2CC3CN(C(=O)Cc4ccccc4Cl)CC3C2)nc1. The second-order valence-electron chi connectivity index (χ2n) is 7.01. The molecule has 3 heterocycles. The number of hydrogen-bond donors (Lipinski definition) is 0. The van der Waals surface area contributed by atoms with Crippen LogP contribution in [-0.4, -0.2) is 42.0 Å². The Hall–Kier alpha value is -2.58. The van der Waals surface area contributed by atoms with Crippen LogP contribution in [-0.2, 0) is 11.2 Å². The van der Waals surface area contributed by atoms with Gasteiger partial charge in [0.1, 0.15) is 11.9 Å². The van der Waals surface area contributed by atoms with Crippen LogP contribution in [0.2, 0.25) is 5.02 Å². The summed E-state index contributed by atoms with van der Waals surface area (Å²) in [6.45, 7) is 3.39. The van der Waals surface area contributed by atoms with E-state index in [2.05, 4.69) is 16.0 Å². The van der Waals surface area contributed by atoms with Crippen molar-refractivity contribution in [3.8, 4) is 6.07 Å². The van der Waals surface area contributed by atoms with Gasteiger partial charge in [0.25, 0.3) is 0 Å². The molecule has 2 aliphatic rings. The maximum Gasteiger partial charge on any atom is 0.227 e. The predicted molar refractivity (Wildman–Crippen MR) is 99.9 cm³/mol. The average Bonchev–Trinajstić information content (AvgIpc) is 3.23. The largest absolute Gasteiger partial charge is 0.356 e. The zero-order valence-corrected chi connectivity index (χ0v) is 15.1. The van der Waals surface area contributed by atoms with Crippen molar-refractivity contribution in [1.29, 1.82) is 5.26 Å². The molecule has 2 fully saturated rings. The first-order valence-electron chi connectivity index (χ1n) is 8.76. The molecule has 2 unspecified atom stereocenters. The summed E-state index contributed by atoms with van der Waals surface area (Å²) in [5.74, 6) is 2.01. The summed E-state index contributed by atoms with van der Waals surface area (Å²) in [4.78, 5) is 21.2. The average molecular weight is 367 g/mol. The van der Waals surface area contributed by atoms with Gasteiger partial charge < -0.3 is 9.80 Å². The number of amides is 1. The second kappa shape index (κ2) is 6.97. The van der Waals surface area contributed by atoms with Crippen LogP contribution in [0, 0.1) is 23.2 Å². The van der Waals surface area contributed by atoms with E-state index < -0.39 is 0 Å². The number of nitrogens with zero attached hydrogens (tertiary/aromatic N) is 4. The van der Waals surface area contributed by atoms with E-state index in [0.29, 0.717) is 28.8 Å². The van der Waals surface area contributed by atoms with E-state index in [9.17, 15) is 4.79 Å². The van der Waals surface area contributed by atoms with Crippen molar-refractivity contribution in [2.45, 2.75) is 6.42 Å². The van der Waals surface area contributed by atoms with Crippen molar-refractivity contribution in [2.24, 2.45) is 11.8 Å². The molecule has 2 saturated heterocycles. The number of fused-ring (bicyclic) bond motifs is 1. The number of anilines is 1. The van der Waals surface area contributed by atoms with Gasteiger partial charge in [-0.15, -0.1) is 0 Å². The van der Waals surface area contributed by atoms with Gasteiger partial charge in [-0.05, 0) is 23.8 Å². The van der Waals surface area contributed by atoms with E-state index >= 15 is 0 Å². The Morgan fingerprint density at radius 2 is 1.88 bits per heavy atom. The molecule has 1 amide bonds. The normalized spacial score (nSPS) is 21.5. The Balaban J connectivity index is 1.36. The Kier molecular flexibility index (Phi) is 4.52. The lowest BCUT2D eigenvalue weighted by atomic mass is 10.0. The maximum atomic E-state index is 12.6. The number of carbonyl (C=O) groups excluding carboxylic acids is 1. The number of pyridine rings is 1. The third-order valence-corrected chi connectivity index (χ3v) is 5.71. The molecule has 2 aliphatic heterocycles. The van der Waals surface area contributed by atoms with Crippen LogP contribution < -0.4 is 4.90 Å². The molecule has 0 saturated carbocycles. The summed E-state index contributed by atoms with van der Waals surface area (Å²) >= 11 is 6.17. The zero-order chi connectivity index (χ0) is 18.1. The van der Waals surface area contributed by atoms with Crippen molar-refractivity contribution in [3.63, 3.8) is 0 Å². The monoisotopic (exact) mass is 366 g/mol.